The lowest BCUT2D eigenvalue weighted by Gasteiger charge is -2.33. The number of hydrogen-bond acceptors (Lipinski definition) is 5. The topological polar surface area (TPSA) is 96.7 Å². The van der Waals surface area contributed by atoms with Gasteiger partial charge in [-0.1, -0.05) is 28.9 Å². The number of rotatable bonds is 7. The standard InChI is InChI=1S/C27H32N4O4/c1-18-9-11-23(12-10-18)29-27(33)28-15-21-6-5-13-31(16-21)26(32)22-7-4-8-24(14-22)34-17-25-19(2)30-35-20(25)3/h4,7-12,14,21H,5-6,13,15-17H2,1-3H3,(H2,28,29,33). The van der Waals surface area contributed by atoms with Crippen LogP contribution in [0.25, 0.3) is 0 Å². The second-order valence-corrected chi connectivity index (χ2v) is 9.08. The second-order valence-electron chi connectivity index (χ2n) is 9.08. The van der Waals surface area contributed by atoms with E-state index in [-0.39, 0.29) is 17.9 Å². The number of nitrogens with one attached hydrogen (secondary N) is 2. The lowest BCUT2D eigenvalue weighted by atomic mass is 9.97. The van der Waals surface area contributed by atoms with Crippen molar-refractivity contribution in [2.45, 2.75) is 40.2 Å². The number of urea groups is 1. The molecule has 1 atom stereocenters. The highest BCUT2D eigenvalue weighted by atomic mass is 16.5. The molecule has 0 bridgehead atoms. The molecule has 2 N–H and O–H groups in total. The zero-order chi connectivity index (χ0) is 24.8. The van der Waals surface area contributed by atoms with Crippen LogP contribution in [0.4, 0.5) is 10.5 Å². The van der Waals surface area contributed by atoms with Crippen molar-refractivity contribution in [3.8, 4) is 5.75 Å². The normalized spacial score (nSPS) is 15.5. The number of amides is 3. The Labute approximate surface area is 205 Å². The highest BCUT2D eigenvalue weighted by Crippen LogP contribution is 2.22. The molecular formula is C27H32N4O4. The number of anilines is 1. The van der Waals surface area contributed by atoms with Crippen LogP contribution >= 0.6 is 0 Å². The fraction of sp³-hybridized carbons (Fsp3) is 0.370. The van der Waals surface area contributed by atoms with Gasteiger partial charge in [-0.05, 0) is 69.9 Å². The van der Waals surface area contributed by atoms with E-state index >= 15 is 0 Å². The summed E-state index contributed by atoms with van der Waals surface area (Å²) in [7, 11) is 0. The Morgan fingerprint density at radius 1 is 1.14 bits per heavy atom. The summed E-state index contributed by atoms with van der Waals surface area (Å²) in [5.74, 6) is 1.53. The van der Waals surface area contributed by atoms with Crippen LogP contribution in [0, 0.1) is 26.7 Å². The maximum atomic E-state index is 13.2. The molecule has 3 amide bonds. The molecule has 1 saturated heterocycles. The van der Waals surface area contributed by atoms with E-state index in [1.54, 1.807) is 6.07 Å². The molecule has 8 heteroatoms. The van der Waals surface area contributed by atoms with Crippen molar-refractivity contribution in [3.05, 3.63) is 76.7 Å². The first-order valence-electron chi connectivity index (χ1n) is 11.9. The van der Waals surface area contributed by atoms with Crippen molar-refractivity contribution >= 4 is 17.6 Å². The maximum absolute atomic E-state index is 13.2. The molecule has 0 saturated carbocycles. The minimum absolute atomic E-state index is 0.0263. The molecule has 1 fully saturated rings. The number of hydrogen-bond donors (Lipinski definition) is 2. The number of nitrogens with zero attached hydrogens (tertiary/aromatic N) is 2. The first-order chi connectivity index (χ1) is 16.9. The van der Waals surface area contributed by atoms with Crippen molar-refractivity contribution in [1.29, 1.82) is 0 Å². The van der Waals surface area contributed by atoms with Gasteiger partial charge in [0.05, 0.1) is 11.3 Å². The molecule has 2 heterocycles. The van der Waals surface area contributed by atoms with Gasteiger partial charge in [0, 0.05) is 30.9 Å². The van der Waals surface area contributed by atoms with Gasteiger partial charge in [0.25, 0.3) is 5.91 Å². The van der Waals surface area contributed by atoms with Gasteiger partial charge >= 0.3 is 6.03 Å². The number of aromatic nitrogens is 1. The summed E-state index contributed by atoms with van der Waals surface area (Å²) in [5.41, 5.74) is 4.20. The molecule has 4 rings (SSSR count). The summed E-state index contributed by atoms with van der Waals surface area (Å²) in [4.78, 5) is 27.3. The molecule has 0 spiro atoms. The van der Waals surface area contributed by atoms with Crippen molar-refractivity contribution < 1.29 is 18.8 Å². The van der Waals surface area contributed by atoms with Crippen LogP contribution < -0.4 is 15.4 Å². The monoisotopic (exact) mass is 476 g/mol. The number of likely N-dealkylation sites (tertiary alicyclic amines) is 1. The second kappa shape index (κ2) is 11.1. The number of benzene rings is 2. The maximum Gasteiger partial charge on any atom is 0.319 e. The smallest absolute Gasteiger partial charge is 0.319 e. The van der Waals surface area contributed by atoms with E-state index in [0.717, 1.165) is 41.1 Å². The van der Waals surface area contributed by atoms with Crippen LogP contribution in [0.1, 0.15) is 45.8 Å². The molecular weight excluding hydrogens is 444 g/mol. The first kappa shape index (κ1) is 24.3. The predicted octanol–water partition coefficient (Wildman–Crippen LogP) is 4.85. The van der Waals surface area contributed by atoms with Gasteiger partial charge in [0.15, 0.2) is 0 Å². The van der Waals surface area contributed by atoms with Crippen LogP contribution in [0.2, 0.25) is 0 Å². The molecule has 0 radical (unpaired) electrons. The SMILES string of the molecule is Cc1ccc(NC(=O)NCC2CCCN(C(=O)c3cccc(OCc4c(C)noc4C)c3)C2)cc1. The van der Waals surface area contributed by atoms with Crippen molar-refractivity contribution in [2.24, 2.45) is 5.92 Å². The minimum atomic E-state index is -0.236. The third-order valence-electron chi connectivity index (χ3n) is 6.31. The third kappa shape index (κ3) is 6.41. The number of aryl methyl sites for hydroxylation is 3. The van der Waals surface area contributed by atoms with Gasteiger partial charge in [0.1, 0.15) is 18.1 Å². The van der Waals surface area contributed by atoms with Gasteiger partial charge in [-0.15, -0.1) is 0 Å². The van der Waals surface area contributed by atoms with Gasteiger partial charge in [-0.25, -0.2) is 4.79 Å². The van der Waals surface area contributed by atoms with Crippen LogP contribution in [0.3, 0.4) is 0 Å². The van der Waals surface area contributed by atoms with Crippen LogP contribution in [0.5, 0.6) is 5.75 Å². The summed E-state index contributed by atoms with van der Waals surface area (Å²) >= 11 is 0. The van der Waals surface area contributed by atoms with Gasteiger partial charge in [-0.3, -0.25) is 4.79 Å². The third-order valence-corrected chi connectivity index (χ3v) is 6.31. The van der Waals surface area contributed by atoms with E-state index in [9.17, 15) is 9.59 Å². The summed E-state index contributed by atoms with van der Waals surface area (Å²) in [6.45, 7) is 7.89. The van der Waals surface area contributed by atoms with Crippen LogP contribution in [-0.4, -0.2) is 41.6 Å². The summed E-state index contributed by atoms with van der Waals surface area (Å²) in [5, 5.41) is 9.74. The number of piperidine rings is 1. The largest absolute Gasteiger partial charge is 0.489 e. The Bertz CT molecular complexity index is 1150. The molecule has 35 heavy (non-hydrogen) atoms. The Kier molecular flexibility index (Phi) is 7.70. The molecule has 1 unspecified atom stereocenters. The predicted molar refractivity (Wildman–Crippen MR) is 134 cm³/mol. The van der Waals surface area contributed by atoms with Gasteiger partial charge in [0.2, 0.25) is 0 Å². The van der Waals surface area contributed by atoms with E-state index < -0.39 is 0 Å². The number of ether oxygens (including phenoxy) is 1. The highest BCUT2D eigenvalue weighted by molar-refractivity contribution is 5.94. The molecule has 3 aromatic rings. The van der Waals surface area contributed by atoms with Crippen LogP contribution in [-0.2, 0) is 6.61 Å². The molecule has 1 aromatic heterocycles. The summed E-state index contributed by atoms with van der Waals surface area (Å²) in [6.07, 6.45) is 1.87. The average Bonchev–Trinajstić information content (AvgIpc) is 3.19. The highest BCUT2D eigenvalue weighted by Gasteiger charge is 2.25. The van der Waals surface area contributed by atoms with Crippen molar-refractivity contribution in [1.82, 2.24) is 15.4 Å². The Balaban J connectivity index is 1.29. The average molecular weight is 477 g/mol. The molecule has 2 aromatic carbocycles. The van der Waals surface area contributed by atoms with E-state index in [1.165, 1.54) is 0 Å². The Morgan fingerprint density at radius 2 is 1.94 bits per heavy atom. The Morgan fingerprint density at radius 3 is 2.69 bits per heavy atom. The quantitative estimate of drug-likeness (QED) is 0.508. The van der Waals surface area contributed by atoms with Gasteiger partial charge < -0.3 is 24.8 Å². The molecule has 1 aliphatic heterocycles. The summed E-state index contributed by atoms with van der Waals surface area (Å²) < 4.78 is 11.1. The van der Waals surface area contributed by atoms with Crippen molar-refractivity contribution in [3.63, 3.8) is 0 Å². The van der Waals surface area contributed by atoms with E-state index in [4.69, 9.17) is 9.26 Å². The number of carbonyl (C=O) groups is 2. The fourth-order valence-corrected chi connectivity index (χ4v) is 4.23. The molecule has 8 nitrogen and oxygen atoms in total. The zero-order valence-corrected chi connectivity index (χ0v) is 20.5. The van der Waals surface area contributed by atoms with Gasteiger partial charge in [-0.2, -0.15) is 0 Å². The fourth-order valence-electron chi connectivity index (χ4n) is 4.23. The molecule has 184 valence electrons. The molecule has 1 aliphatic rings. The molecule has 0 aliphatic carbocycles. The Hall–Kier alpha value is -3.81. The number of carbonyl (C=O) groups excluding carboxylic acids is 2. The lowest BCUT2D eigenvalue weighted by Crippen LogP contribution is -2.44. The summed E-state index contributed by atoms with van der Waals surface area (Å²) in [6, 6.07) is 14.7. The van der Waals surface area contributed by atoms with E-state index in [2.05, 4.69) is 15.8 Å². The van der Waals surface area contributed by atoms with E-state index in [1.807, 2.05) is 68.1 Å². The zero-order valence-electron chi connectivity index (χ0n) is 20.5. The van der Waals surface area contributed by atoms with Crippen LogP contribution in [0.15, 0.2) is 53.1 Å². The minimum Gasteiger partial charge on any atom is -0.489 e. The first-order valence-corrected chi connectivity index (χ1v) is 11.9. The van der Waals surface area contributed by atoms with Crippen molar-refractivity contribution in [2.75, 3.05) is 25.0 Å². The van der Waals surface area contributed by atoms with E-state index in [0.29, 0.717) is 37.6 Å². The lowest BCUT2D eigenvalue weighted by molar-refractivity contribution is 0.0674.